The highest BCUT2D eigenvalue weighted by atomic mass is 16.5. The minimum absolute atomic E-state index is 0.145. The van der Waals surface area contributed by atoms with Gasteiger partial charge in [0.2, 0.25) is 0 Å². The molecular formula is C10H20N2O2. The lowest BCUT2D eigenvalue weighted by molar-refractivity contribution is -0.148. The average molecular weight is 200 g/mol. The van der Waals surface area contributed by atoms with Crippen molar-refractivity contribution in [2.75, 3.05) is 19.7 Å². The van der Waals surface area contributed by atoms with E-state index in [-0.39, 0.29) is 18.1 Å². The third-order valence-electron chi connectivity index (χ3n) is 2.87. The number of esters is 1. The summed E-state index contributed by atoms with van der Waals surface area (Å²) in [5, 5.41) is 0. The summed E-state index contributed by atoms with van der Waals surface area (Å²) in [5.41, 5.74) is 5.89. The molecule has 0 saturated carbocycles. The van der Waals surface area contributed by atoms with Crippen LogP contribution in [-0.4, -0.2) is 42.6 Å². The normalized spacial score (nSPS) is 30.3. The summed E-state index contributed by atoms with van der Waals surface area (Å²) in [6.07, 6.45) is 0. The van der Waals surface area contributed by atoms with Gasteiger partial charge in [0.15, 0.2) is 0 Å². The van der Waals surface area contributed by atoms with Gasteiger partial charge in [-0.3, -0.25) is 9.69 Å². The van der Waals surface area contributed by atoms with Gasteiger partial charge < -0.3 is 10.5 Å². The molecule has 4 nitrogen and oxygen atoms in total. The molecule has 0 bridgehead atoms. The van der Waals surface area contributed by atoms with Crippen molar-refractivity contribution in [2.24, 2.45) is 11.7 Å². The number of nitrogens with two attached hydrogens (primary N) is 1. The standard InChI is InChI=1S/C10H20N2O2/c1-4-14-10(13)8(3)12-5-7(2)9(11)6-12/h7-9H,4-6,11H2,1-3H3. The van der Waals surface area contributed by atoms with E-state index in [4.69, 9.17) is 10.5 Å². The zero-order valence-corrected chi connectivity index (χ0v) is 9.19. The van der Waals surface area contributed by atoms with Gasteiger partial charge in [0.25, 0.3) is 0 Å². The SMILES string of the molecule is CCOC(=O)C(C)N1CC(C)C(N)C1. The zero-order valence-electron chi connectivity index (χ0n) is 9.19. The number of hydrogen-bond acceptors (Lipinski definition) is 4. The first kappa shape index (κ1) is 11.5. The van der Waals surface area contributed by atoms with Gasteiger partial charge in [0.1, 0.15) is 6.04 Å². The third-order valence-corrected chi connectivity index (χ3v) is 2.87. The highest BCUT2D eigenvalue weighted by Crippen LogP contribution is 2.17. The van der Waals surface area contributed by atoms with Crippen LogP contribution in [0, 0.1) is 5.92 Å². The van der Waals surface area contributed by atoms with E-state index in [1.54, 1.807) is 0 Å². The van der Waals surface area contributed by atoms with Crippen molar-refractivity contribution < 1.29 is 9.53 Å². The molecule has 3 unspecified atom stereocenters. The number of nitrogens with zero attached hydrogens (tertiary/aromatic N) is 1. The number of rotatable bonds is 3. The molecule has 82 valence electrons. The maximum atomic E-state index is 11.4. The monoisotopic (exact) mass is 200 g/mol. The Morgan fingerprint density at radius 3 is 2.71 bits per heavy atom. The van der Waals surface area contributed by atoms with Gasteiger partial charge in [-0.1, -0.05) is 6.92 Å². The third kappa shape index (κ3) is 2.45. The van der Waals surface area contributed by atoms with Crippen LogP contribution < -0.4 is 5.73 Å². The van der Waals surface area contributed by atoms with Crippen LogP contribution in [0.1, 0.15) is 20.8 Å². The van der Waals surface area contributed by atoms with E-state index in [9.17, 15) is 4.79 Å². The maximum Gasteiger partial charge on any atom is 0.323 e. The molecule has 4 heteroatoms. The van der Waals surface area contributed by atoms with E-state index in [0.29, 0.717) is 12.5 Å². The lowest BCUT2D eigenvalue weighted by atomic mass is 10.1. The fourth-order valence-corrected chi connectivity index (χ4v) is 1.76. The van der Waals surface area contributed by atoms with E-state index in [0.717, 1.165) is 13.1 Å². The van der Waals surface area contributed by atoms with E-state index >= 15 is 0 Å². The second kappa shape index (κ2) is 4.75. The molecule has 1 rings (SSSR count). The van der Waals surface area contributed by atoms with Gasteiger partial charge >= 0.3 is 5.97 Å². The van der Waals surface area contributed by atoms with Gasteiger partial charge in [-0.2, -0.15) is 0 Å². The molecule has 2 N–H and O–H groups in total. The molecule has 0 aliphatic carbocycles. The van der Waals surface area contributed by atoms with Crippen molar-refractivity contribution in [3.05, 3.63) is 0 Å². The molecule has 1 aliphatic rings. The smallest absolute Gasteiger partial charge is 0.323 e. The molecule has 0 aromatic rings. The molecule has 1 aliphatic heterocycles. The maximum absolute atomic E-state index is 11.4. The minimum Gasteiger partial charge on any atom is -0.465 e. The Hall–Kier alpha value is -0.610. The summed E-state index contributed by atoms with van der Waals surface area (Å²) >= 11 is 0. The van der Waals surface area contributed by atoms with E-state index in [2.05, 4.69) is 11.8 Å². The quantitative estimate of drug-likeness (QED) is 0.662. The van der Waals surface area contributed by atoms with Crippen molar-refractivity contribution in [2.45, 2.75) is 32.9 Å². The molecule has 1 heterocycles. The highest BCUT2D eigenvalue weighted by Gasteiger charge is 2.32. The van der Waals surface area contributed by atoms with Crippen molar-refractivity contribution in [1.82, 2.24) is 4.90 Å². The molecule has 0 aromatic heterocycles. The van der Waals surface area contributed by atoms with Crippen molar-refractivity contribution in [3.63, 3.8) is 0 Å². The van der Waals surface area contributed by atoms with Crippen molar-refractivity contribution in [1.29, 1.82) is 0 Å². The largest absolute Gasteiger partial charge is 0.465 e. The lowest BCUT2D eigenvalue weighted by Gasteiger charge is -2.21. The summed E-state index contributed by atoms with van der Waals surface area (Å²) in [6, 6.07) is 0.0258. The Bertz CT molecular complexity index is 198. The van der Waals surface area contributed by atoms with E-state index in [1.165, 1.54) is 0 Å². The first-order chi connectivity index (χ1) is 6.56. The van der Waals surface area contributed by atoms with Gasteiger partial charge in [0.05, 0.1) is 6.61 Å². The second-order valence-corrected chi connectivity index (χ2v) is 4.02. The highest BCUT2D eigenvalue weighted by molar-refractivity contribution is 5.75. The van der Waals surface area contributed by atoms with Crippen LogP contribution in [0.3, 0.4) is 0 Å². The van der Waals surface area contributed by atoms with Crippen molar-refractivity contribution >= 4 is 5.97 Å². The Labute approximate surface area is 85.4 Å². The molecule has 1 saturated heterocycles. The molecule has 3 atom stereocenters. The zero-order chi connectivity index (χ0) is 10.7. The van der Waals surface area contributed by atoms with Crippen molar-refractivity contribution in [3.8, 4) is 0 Å². The summed E-state index contributed by atoms with van der Waals surface area (Å²) in [6.45, 7) is 7.94. The molecular weight excluding hydrogens is 180 g/mol. The number of hydrogen-bond donors (Lipinski definition) is 1. The molecule has 0 aromatic carbocycles. The van der Waals surface area contributed by atoms with Crippen LogP contribution in [0.4, 0.5) is 0 Å². The number of carbonyl (C=O) groups is 1. The first-order valence-electron chi connectivity index (χ1n) is 5.22. The van der Waals surface area contributed by atoms with Gasteiger partial charge in [-0.05, 0) is 19.8 Å². The van der Waals surface area contributed by atoms with Crippen LogP contribution in [0.25, 0.3) is 0 Å². The number of ether oxygens (including phenoxy) is 1. The molecule has 0 amide bonds. The Kier molecular flexibility index (Phi) is 3.89. The Balaban J connectivity index is 2.46. The van der Waals surface area contributed by atoms with Gasteiger partial charge in [0, 0.05) is 19.1 Å². The van der Waals surface area contributed by atoms with Crippen LogP contribution in [0.15, 0.2) is 0 Å². The first-order valence-corrected chi connectivity index (χ1v) is 5.22. The number of likely N-dealkylation sites (tertiary alicyclic amines) is 1. The summed E-state index contributed by atoms with van der Waals surface area (Å²) in [4.78, 5) is 13.5. The lowest BCUT2D eigenvalue weighted by Crippen LogP contribution is -2.39. The summed E-state index contributed by atoms with van der Waals surface area (Å²) < 4.78 is 4.97. The fourth-order valence-electron chi connectivity index (χ4n) is 1.76. The summed E-state index contributed by atoms with van der Waals surface area (Å²) in [5.74, 6) is 0.320. The van der Waals surface area contributed by atoms with Crippen LogP contribution in [-0.2, 0) is 9.53 Å². The molecule has 14 heavy (non-hydrogen) atoms. The van der Waals surface area contributed by atoms with E-state index in [1.807, 2.05) is 13.8 Å². The topological polar surface area (TPSA) is 55.6 Å². The fraction of sp³-hybridized carbons (Fsp3) is 0.900. The van der Waals surface area contributed by atoms with Gasteiger partial charge in [-0.25, -0.2) is 0 Å². The summed E-state index contributed by atoms with van der Waals surface area (Å²) in [7, 11) is 0. The molecule has 0 spiro atoms. The Morgan fingerprint density at radius 1 is 1.64 bits per heavy atom. The number of carbonyl (C=O) groups excluding carboxylic acids is 1. The Morgan fingerprint density at radius 2 is 2.29 bits per heavy atom. The van der Waals surface area contributed by atoms with Crippen LogP contribution in [0.2, 0.25) is 0 Å². The van der Waals surface area contributed by atoms with Gasteiger partial charge in [-0.15, -0.1) is 0 Å². The molecule has 1 fully saturated rings. The molecule has 0 radical (unpaired) electrons. The van der Waals surface area contributed by atoms with E-state index < -0.39 is 0 Å². The second-order valence-electron chi connectivity index (χ2n) is 4.02. The van der Waals surface area contributed by atoms with Crippen LogP contribution >= 0.6 is 0 Å². The predicted molar refractivity (Wildman–Crippen MR) is 54.8 cm³/mol. The predicted octanol–water partition coefficient (Wildman–Crippen LogP) is 0.217. The van der Waals surface area contributed by atoms with Crippen LogP contribution in [0.5, 0.6) is 0 Å². The average Bonchev–Trinajstić information content (AvgIpc) is 2.46. The minimum atomic E-state index is -0.161.